The Hall–Kier alpha value is -2.89. The number of benzene rings is 2. The fraction of sp³-hybridized carbons (Fsp3) is 0.409. The van der Waals surface area contributed by atoms with Crippen molar-refractivity contribution < 1.29 is 23.7 Å². The number of hydrogen-bond donors (Lipinski definition) is 1. The first-order chi connectivity index (χ1) is 13.3. The summed E-state index contributed by atoms with van der Waals surface area (Å²) in [6, 6.07) is 11.1. The van der Waals surface area contributed by atoms with Crippen LogP contribution in [0.1, 0.15) is 37.4 Å². The van der Waals surface area contributed by atoms with Gasteiger partial charge in [-0.3, -0.25) is 4.79 Å². The van der Waals surface area contributed by atoms with Crippen LogP contribution in [0, 0.1) is 6.92 Å². The van der Waals surface area contributed by atoms with Gasteiger partial charge in [0.1, 0.15) is 28.6 Å². The summed E-state index contributed by atoms with van der Waals surface area (Å²) in [7, 11) is 3.13. The zero-order valence-corrected chi connectivity index (χ0v) is 17.0. The van der Waals surface area contributed by atoms with Gasteiger partial charge in [-0.25, -0.2) is 0 Å². The van der Waals surface area contributed by atoms with Gasteiger partial charge >= 0.3 is 0 Å². The van der Waals surface area contributed by atoms with Crippen molar-refractivity contribution in [3.05, 3.63) is 47.5 Å². The van der Waals surface area contributed by atoms with Crippen molar-refractivity contribution in [2.75, 3.05) is 20.8 Å². The smallest absolute Gasteiger partial charge is 0.258 e. The third-order valence-electron chi connectivity index (χ3n) is 4.65. The quantitative estimate of drug-likeness (QED) is 0.819. The Balaban J connectivity index is 1.69. The molecule has 1 aliphatic rings. The first-order valence-corrected chi connectivity index (χ1v) is 9.24. The molecule has 1 heterocycles. The van der Waals surface area contributed by atoms with Crippen LogP contribution in [-0.4, -0.2) is 32.3 Å². The van der Waals surface area contributed by atoms with Crippen molar-refractivity contribution >= 4 is 5.91 Å². The number of aryl methyl sites for hydroxylation is 1. The summed E-state index contributed by atoms with van der Waals surface area (Å²) in [6.45, 7) is 5.97. The lowest BCUT2D eigenvalue weighted by atomic mass is 9.89. The van der Waals surface area contributed by atoms with E-state index >= 15 is 0 Å². The van der Waals surface area contributed by atoms with E-state index in [4.69, 9.17) is 18.9 Å². The molecule has 0 spiro atoms. The molecule has 0 aromatic heterocycles. The highest BCUT2D eigenvalue weighted by Crippen LogP contribution is 2.39. The number of carbonyl (C=O) groups is 1. The molecule has 0 fully saturated rings. The summed E-state index contributed by atoms with van der Waals surface area (Å²) < 4.78 is 22.2. The van der Waals surface area contributed by atoms with Gasteiger partial charge in [0, 0.05) is 30.2 Å². The minimum absolute atomic E-state index is 0.102. The second-order valence-electron chi connectivity index (χ2n) is 7.56. The van der Waals surface area contributed by atoms with Gasteiger partial charge in [0.25, 0.3) is 5.91 Å². The van der Waals surface area contributed by atoms with E-state index in [0.29, 0.717) is 23.7 Å². The summed E-state index contributed by atoms with van der Waals surface area (Å²) in [4.78, 5) is 12.6. The highest BCUT2D eigenvalue weighted by molar-refractivity contribution is 5.78. The third kappa shape index (κ3) is 4.68. The van der Waals surface area contributed by atoms with Crippen molar-refractivity contribution in [3.8, 4) is 23.0 Å². The van der Waals surface area contributed by atoms with Gasteiger partial charge < -0.3 is 24.3 Å². The van der Waals surface area contributed by atoms with Crippen LogP contribution in [0.5, 0.6) is 23.0 Å². The van der Waals surface area contributed by atoms with Crippen LogP contribution >= 0.6 is 0 Å². The number of hydrogen-bond acceptors (Lipinski definition) is 5. The molecule has 1 atom stereocenters. The number of rotatable bonds is 6. The number of ether oxygens (including phenoxy) is 4. The minimum atomic E-state index is -0.360. The molecule has 1 aliphatic heterocycles. The lowest BCUT2D eigenvalue weighted by Gasteiger charge is -2.38. The van der Waals surface area contributed by atoms with Crippen LogP contribution in [-0.2, 0) is 4.79 Å². The molecule has 1 unspecified atom stereocenters. The molecule has 28 heavy (non-hydrogen) atoms. The molecule has 2 aromatic carbocycles. The Morgan fingerprint density at radius 1 is 1.11 bits per heavy atom. The van der Waals surface area contributed by atoms with E-state index in [-0.39, 0.29) is 24.2 Å². The first kappa shape index (κ1) is 19.9. The molecule has 6 nitrogen and oxygen atoms in total. The predicted octanol–water partition coefficient (Wildman–Crippen LogP) is 3.81. The van der Waals surface area contributed by atoms with E-state index in [1.54, 1.807) is 32.4 Å². The summed E-state index contributed by atoms with van der Waals surface area (Å²) >= 11 is 0. The minimum Gasteiger partial charge on any atom is -0.496 e. The Kier molecular flexibility index (Phi) is 5.68. The van der Waals surface area contributed by atoms with Gasteiger partial charge in [0.2, 0.25) is 0 Å². The number of fused-ring (bicyclic) bond motifs is 1. The molecule has 0 radical (unpaired) electrons. The molecule has 2 aromatic rings. The molecule has 0 bridgehead atoms. The molecule has 150 valence electrons. The molecule has 0 saturated carbocycles. The number of carbonyl (C=O) groups excluding carboxylic acids is 1. The van der Waals surface area contributed by atoms with E-state index < -0.39 is 0 Å². The van der Waals surface area contributed by atoms with Crippen molar-refractivity contribution in [2.45, 2.75) is 38.8 Å². The Labute approximate surface area is 165 Å². The molecule has 6 heteroatoms. The van der Waals surface area contributed by atoms with Gasteiger partial charge in [0.05, 0.1) is 20.3 Å². The second kappa shape index (κ2) is 8.00. The topological polar surface area (TPSA) is 66.0 Å². The van der Waals surface area contributed by atoms with Crippen LogP contribution in [0.4, 0.5) is 0 Å². The van der Waals surface area contributed by atoms with Gasteiger partial charge in [-0.1, -0.05) is 17.7 Å². The van der Waals surface area contributed by atoms with E-state index in [9.17, 15) is 4.79 Å². The van der Waals surface area contributed by atoms with Crippen molar-refractivity contribution in [1.29, 1.82) is 0 Å². The standard InChI is InChI=1S/C22H27NO5/c1-14-6-7-20-18(8-14)19(12-22(2,3)28-20)23-21(24)13-27-17-10-15(25-4)9-16(11-17)26-5/h6-11,19H,12-13H2,1-5H3,(H,23,24). The van der Waals surface area contributed by atoms with Crippen molar-refractivity contribution in [3.63, 3.8) is 0 Å². The summed E-state index contributed by atoms with van der Waals surface area (Å²) in [5, 5.41) is 3.08. The molecule has 0 aliphatic carbocycles. The van der Waals surface area contributed by atoms with Crippen molar-refractivity contribution in [1.82, 2.24) is 5.32 Å². The van der Waals surface area contributed by atoms with Crippen molar-refractivity contribution in [2.24, 2.45) is 0 Å². The largest absolute Gasteiger partial charge is 0.496 e. The Morgan fingerprint density at radius 2 is 1.75 bits per heavy atom. The second-order valence-corrected chi connectivity index (χ2v) is 7.56. The normalized spacial score (nSPS) is 17.1. The van der Waals surface area contributed by atoms with E-state index in [2.05, 4.69) is 11.4 Å². The zero-order valence-electron chi connectivity index (χ0n) is 17.0. The van der Waals surface area contributed by atoms with E-state index in [1.165, 1.54) is 0 Å². The van der Waals surface area contributed by atoms with Gasteiger partial charge in [-0.15, -0.1) is 0 Å². The predicted molar refractivity (Wildman–Crippen MR) is 106 cm³/mol. The van der Waals surface area contributed by atoms with Crippen LogP contribution in [0.25, 0.3) is 0 Å². The maximum absolute atomic E-state index is 12.6. The van der Waals surface area contributed by atoms with Crippen LogP contribution in [0.3, 0.4) is 0 Å². The van der Waals surface area contributed by atoms with E-state index in [1.807, 2.05) is 32.9 Å². The molecular weight excluding hydrogens is 358 g/mol. The SMILES string of the molecule is COc1cc(OC)cc(OCC(=O)NC2CC(C)(C)Oc3ccc(C)cc32)c1. The van der Waals surface area contributed by atoms with Gasteiger partial charge in [-0.2, -0.15) is 0 Å². The highest BCUT2D eigenvalue weighted by Gasteiger charge is 2.34. The number of nitrogens with one attached hydrogen (secondary N) is 1. The van der Waals surface area contributed by atoms with Crippen LogP contribution < -0.4 is 24.3 Å². The Morgan fingerprint density at radius 3 is 2.39 bits per heavy atom. The average Bonchev–Trinajstić information content (AvgIpc) is 2.66. The maximum atomic E-state index is 12.6. The monoisotopic (exact) mass is 385 g/mol. The molecule has 1 N–H and O–H groups in total. The fourth-order valence-corrected chi connectivity index (χ4v) is 3.35. The van der Waals surface area contributed by atoms with Gasteiger partial charge in [0.15, 0.2) is 6.61 Å². The molecule has 0 saturated heterocycles. The Bertz CT molecular complexity index is 840. The average molecular weight is 385 g/mol. The van der Waals surface area contributed by atoms with Crippen LogP contribution in [0.15, 0.2) is 36.4 Å². The number of amides is 1. The third-order valence-corrected chi connectivity index (χ3v) is 4.65. The lowest BCUT2D eigenvalue weighted by Crippen LogP contribution is -2.42. The maximum Gasteiger partial charge on any atom is 0.258 e. The zero-order chi connectivity index (χ0) is 20.3. The summed E-state index contributed by atoms with van der Waals surface area (Å²) in [6.07, 6.45) is 0.683. The van der Waals surface area contributed by atoms with E-state index in [0.717, 1.165) is 16.9 Å². The highest BCUT2D eigenvalue weighted by atomic mass is 16.5. The molecule has 3 rings (SSSR count). The lowest BCUT2D eigenvalue weighted by molar-refractivity contribution is -0.124. The van der Waals surface area contributed by atoms with Gasteiger partial charge in [-0.05, 0) is 26.8 Å². The summed E-state index contributed by atoms with van der Waals surface area (Å²) in [5.41, 5.74) is 1.76. The fourth-order valence-electron chi connectivity index (χ4n) is 3.35. The van der Waals surface area contributed by atoms with Crippen LogP contribution in [0.2, 0.25) is 0 Å². The molecule has 1 amide bonds. The number of methoxy groups -OCH3 is 2. The molecular formula is C22H27NO5. The summed E-state index contributed by atoms with van der Waals surface area (Å²) in [5.74, 6) is 2.33. The first-order valence-electron chi connectivity index (χ1n) is 9.24.